The molecule has 0 aliphatic carbocycles. The summed E-state index contributed by atoms with van der Waals surface area (Å²) in [5.74, 6) is -0.145. The van der Waals surface area contributed by atoms with Gasteiger partial charge in [0, 0.05) is 11.1 Å². The number of carbonyl (C=O) groups is 2. The Labute approximate surface area is 116 Å². The molecule has 20 heavy (non-hydrogen) atoms. The molecule has 1 amide bonds. The molecule has 6 heteroatoms. The van der Waals surface area contributed by atoms with E-state index in [9.17, 15) is 9.59 Å². The first-order valence-corrected chi connectivity index (χ1v) is 6.37. The molecule has 1 heterocycles. The van der Waals surface area contributed by atoms with E-state index in [4.69, 9.17) is 14.6 Å². The number of amides is 1. The zero-order valence-corrected chi connectivity index (χ0v) is 11.4. The van der Waals surface area contributed by atoms with Crippen LogP contribution in [0.3, 0.4) is 0 Å². The third-order valence-corrected chi connectivity index (χ3v) is 3.37. The summed E-state index contributed by atoms with van der Waals surface area (Å²) in [6.45, 7) is 3.70. The molecular formula is C14H17NO5. The van der Waals surface area contributed by atoms with Gasteiger partial charge in [0.1, 0.15) is 0 Å². The summed E-state index contributed by atoms with van der Waals surface area (Å²) in [6.07, 6.45) is 0.398. The largest absolute Gasteiger partial charge is 0.481 e. The quantitative estimate of drug-likeness (QED) is 0.858. The maximum atomic E-state index is 12.2. The number of carbonyl (C=O) groups excluding carboxylic acids is 1. The maximum absolute atomic E-state index is 12.2. The van der Waals surface area contributed by atoms with Crippen LogP contribution in [0.4, 0.5) is 0 Å². The average Bonchev–Trinajstić information content (AvgIpc) is 2.84. The fraction of sp³-hybridized carbons (Fsp3) is 0.429. The first-order valence-electron chi connectivity index (χ1n) is 6.37. The van der Waals surface area contributed by atoms with Crippen LogP contribution >= 0.6 is 0 Å². The minimum absolute atomic E-state index is 0.125. The molecule has 6 nitrogen and oxygen atoms in total. The van der Waals surface area contributed by atoms with Gasteiger partial charge in [-0.2, -0.15) is 0 Å². The Morgan fingerprint density at radius 3 is 2.70 bits per heavy atom. The van der Waals surface area contributed by atoms with Crippen molar-refractivity contribution in [2.75, 3.05) is 6.79 Å². The van der Waals surface area contributed by atoms with Gasteiger partial charge in [0.2, 0.25) is 6.79 Å². The highest BCUT2D eigenvalue weighted by molar-refractivity contribution is 5.95. The fourth-order valence-corrected chi connectivity index (χ4v) is 1.98. The molecule has 1 atom stereocenters. The topological polar surface area (TPSA) is 84.9 Å². The highest BCUT2D eigenvalue weighted by Gasteiger charge is 2.28. The van der Waals surface area contributed by atoms with E-state index in [-0.39, 0.29) is 19.1 Å². The van der Waals surface area contributed by atoms with Crippen LogP contribution in [0.15, 0.2) is 18.2 Å². The summed E-state index contributed by atoms with van der Waals surface area (Å²) in [5.41, 5.74) is -0.362. The van der Waals surface area contributed by atoms with E-state index in [2.05, 4.69) is 5.32 Å². The van der Waals surface area contributed by atoms with E-state index < -0.39 is 11.5 Å². The van der Waals surface area contributed by atoms with Gasteiger partial charge in [-0.3, -0.25) is 9.59 Å². The molecule has 0 radical (unpaired) electrons. The van der Waals surface area contributed by atoms with Crippen molar-refractivity contribution in [2.24, 2.45) is 0 Å². The Morgan fingerprint density at radius 2 is 2.05 bits per heavy atom. The molecule has 1 aliphatic heterocycles. The van der Waals surface area contributed by atoms with Gasteiger partial charge in [-0.05, 0) is 31.5 Å². The molecule has 0 spiro atoms. The Hall–Kier alpha value is -2.24. The van der Waals surface area contributed by atoms with Crippen LogP contribution in [-0.4, -0.2) is 29.3 Å². The van der Waals surface area contributed by atoms with Gasteiger partial charge in [0.25, 0.3) is 5.91 Å². The van der Waals surface area contributed by atoms with Gasteiger partial charge in [0.05, 0.1) is 6.42 Å². The number of nitrogens with one attached hydrogen (secondary N) is 1. The standard InChI is InChI=1S/C14H17NO5/c1-3-14(2,7-12(16)17)15-13(18)9-4-5-10-11(6-9)20-8-19-10/h4-6H,3,7-8H2,1-2H3,(H,15,18)(H,16,17). The van der Waals surface area contributed by atoms with Crippen molar-refractivity contribution in [1.29, 1.82) is 0 Å². The van der Waals surface area contributed by atoms with Crippen molar-refractivity contribution >= 4 is 11.9 Å². The summed E-state index contributed by atoms with van der Waals surface area (Å²) in [5, 5.41) is 11.7. The van der Waals surface area contributed by atoms with E-state index in [0.29, 0.717) is 23.5 Å². The van der Waals surface area contributed by atoms with Gasteiger partial charge in [-0.1, -0.05) is 6.92 Å². The molecule has 1 unspecified atom stereocenters. The Morgan fingerprint density at radius 1 is 1.35 bits per heavy atom. The lowest BCUT2D eigenvalue weighted by Gasteiger charge is -2.27. The zero-order chi connectivity index (χ0) is 14.8. The van der Waals surface area contributed by atoms with E-state index in [0.717, 1.165) is 0 Å². The molecule has 0 fully saturated rings. The van der Waals surface area contributed by atoms with Crippen molar-refractivity contribution in [3.63, 3.8) is 0 Å². The van der Waals surface area contributed by atoms with Crippen LogP contribution in [0.25, 0.3) is 0 Å². The Bertz CT molecular complexity index is 542. The lowest BCUT2D eigenvalue weighted by Crippen LogP contribution is -2.47. The molecule has 0 aromatic heterocycles. The van der Waals surface area contributed by atoms with E-state index in [1.807, 2.05) is 6.92 Å². The molecule has 0 saturated heterocycles. The number of hydrogen-bond acceptors (Lipinski definition) is 4. The molecule has 2 N–H and O–H groups in total. The zero-order valence-electron chi connectivity index (χ0n) is 11.4. The van der Waals surface area contributed by atoms with Crippen molar-refractivity contribution < 1.29 is 24.2 Å². The van der Waals surface area contributed by atoms with Gasteiger partial charge < -0.3 is 19.9 Å². The van der Waals surface area contributed by atoms with Gasteiger partial charge >= 0.3 is 5.97 Å². The predicted molar refractivity (Wildman–Crippen MR) is 71.0 cm³/mol. The second kappa shape index (κ2) is 5.40. The van der Waals surface area contributed by atoms with Gasteiger partial charge in [-0.15, -0.1) is 0 Å². The van der Waals surface area contributed by atoms with Crippen LogP contribution < -0.4 is 14.8 Å². The number of carboxylic acid groups (broad SMARTS) is 1. The van der Waals surface area contributed by atoms with Crippen molar-refractivity contribution in [3.8, 4) is 11.5 Å². The average molecular weight is 279 g/mol. The van der Waals surface area contributed by atoms with E-state index in [1.165, 1.54) is 0 Å². The number of fused-ring (bicyclic) bond motifs is 1. The van der Waals surface area contributed by atoms with Crippen LogP contribution in [-0.2, 0) is 4.79 Å². The minimum Gasteiger partial charge on any atom is -0.481 e. The van der Waals surface area contributed by atoms with Crippen molar-refractivity contribution in [2.45, 2.75) is 32.2 Å². The Balaban J connectivity index is 2.13. The number of hydrogen-bond donors (Lipinski definition) is 2. The minimum atomic E-state index is -0.944. The molecule has 108 valence electrons. The SMILES string of the molecule is CCC(C)(CC(=O)O)NC(=O)c1ccc2c(c1)OCO2. The highest BCUT2D eigenvalue weighted by atomic mass is 16.7. The molecule has 1 aliphatic rings. The molecule has 2 rings (SSSR count). The van der Waals surface area contributed by atoms with E-state index in [1.54, 1.807) is 25.1 Å². The summed E-state index contributed by atoms with van der Waals surface area (Å²) in [4.78, 5) is 23.1. The van der Waals surface area contributed by atoms with E-state index >= 15 is 0 Å². The van der Waals surface area contributed by atoms with Crippen LogP contribution in [0.1, 0.15) is 37.0 Å². The monoisotopic (exact) mass is 279 g/mol. The number of benzene rings is 1. The van der Waals surface area contributed by atoms with Gasteiger partial charge in [-0.25, -0.2) is 0 Å². The molecule has 1 aromatic rings. The first kappa shape index (κ1) is 14.2. The molecule has 0 saturated carbocycles. The number of aliphatic carboxylic acids is 1. The lowest BCUT2D eigenvalue weighted by atomic mass is 9.94. The maximum Gasteiger partial charge on any atom is 0.305 e. The summed E-state index contributed by atoms with van der Waals surface area (Å²) in [6, 6.07) is 4.88. The van der Waals surface area contributed by atoms with Crippen LogP contribution in [0.5, 0.6) is 11.5 Å². The third-order valence-electron chi connectivity index (χ3n) is 3.37. The normalized spacial score (nSPS) is 15.5. The second-order valence-corrected chi connectivity index (χ2v) is 5.01. The van der Waals surface area contributed by atoms with Crippen molar-refractivity contribution in [1.82, 2.24) is 5.32 Å². The third kappa shape index (κ3) is 3.01. The summed E-state index contributed by atoms with van der Waals surface area (Å²) >= 11 is 0. The summed E-state index contributed by atoms with van der Waals surface area (Å²) < 4.78 is 10.4. The fourth-order valence-electron chi connectivity index (χ4n) is 1.98. The van der Waals surface area contributed by atoms with Crippen molar-refractivity contribution in [3.05, 3.63) is 23.8 Å². The van der Waals surface area contributed by atoms with Crippen LogP contribution in [0, 0.1) is 0 Å². The predicted octanol–water partition coefficient (Wildman–Crippen LogP) is 1.79. The smallest absolute Gasteiger partial charge is 0.305 e. The number of rotatable bonds is 5. The second-order valence-electron chi connectivity index (χ2n) is 5.01. The Kier molecular flexibility index (Phi) is 3.83. The molecular weight excluding hydrogens is 262 g/mol. The van der Waals surface area contributed by atoms with Crippen LogP contribution in [0.2, 0.25) is 0 Å². The highest BCUT2D eigenvalue weighted by Crippen LogP contribution is 2.32. The first-order chi connectivity index (χ1) is 9.43. The number of ether oxygens (including phenoxy) is 2. The number of carboxylic acids is 1. The lowest BCUT2D eigenvalue weighted by molar-refractivity contribution is -0.138. The molecule has 1 aromatic carbocycles. The summed E-state index contributed by atoms with van der Waals surface area (Å²) in [7, 11) is 0. The van der Waals surface area contributed by atoms with Gasteiger partial charge in [0.15, 0.2) is 11.5 Å². The molecule has 0 bridgehead atoms.